The summed E-state index contributed by atoms with van der Waals surface area (Å²) >= 11 is 0. The van der Waals surface area contributed by atoms with Crippen molar-refractivity contribution in [3.63, 3.8) is 0 Å². The average molecular weight is 387 g/mol. The zero-order chi connectivity index (χ0) is 19.2. The molecule has 0 radical (unpaired) electrons. The van der Waals surface area contributed by atoms with E-state index in [9.17, 15) is 0 Å². The number of hydrogen-bond acceptors (Lipinski definition) is 1. The van der Waals surface area contributed by atoms with Gasteiger partial charge in [-0.2, -0.15) is 39.3 Å². The van der Waals surface area contributed by atoms with Crippen molar-refractivity contribution in [3.8, 4) is 0 Å². The zero-order valence-corrected chi connectivity index (χ0v) is 19.7. The standard InChI is InChI=1S/C7H11N2.3C4H10N.Ti/c1-5(2)7-4-6(3)8-9-7;3*1-3-5-4-2;/h4-5H,1-3H3;3*3-4H2,1-2H3;/q4*-1;+4. The fourth-order valence-electron chi connectivity index (χ4n) is 1.36. The number of aromatic nitrogens is 2. The molecule has 1 aromatic rings. The van der Waals surface area contributed by atoms with Gasteiger partial charge in [-0.3, -0.25) is 0 Å². The van der Waals surface area contributed by atoms with Crippen LogP contribution in [0.2, 0.25) is 0 Å². The minimum Gasteiger partial charge on any atom is -0.663 e. The van der Waals surface area contributed by atoms with Crippen LogP contribution in [-0.4, -0.2) is 44.4 Å². The molecule has 0 amide bonds. The summed E-state index contributed by atoms with van der Waals surface area (Å²) in [5, 5.41) is 19.8. The monoisotopic (exact) mass is 387 g/mol. The van der Waals surface area contributed by atoms with Gasteiger partial charge in [0.05, 0.1) is 0 Å². The molecule has 0 saturated heterocycles. The van der Waals surface area contributed by atoms with Crippen molar-refractivity contribution in [2.45, 2.75) is 68.2 Å². The molecule has 1 rings (SSSR count). The molecular formula is C19H41N5Ti. The van der Waals surface area contributed by atoms with Crippen LogP contribution in [-0.2, 0) is 21.7 Å². The van der Waals surface area contributed by atoms with E-state index in [0.717, 1.165) is 50.7 Å². The largest absolute Gasteiger partial charge is 4.00 e. The van der Waals surface area contributed by atoms with Crippen LogP contribution >= 0.6 is 0 Å². The topological polar surface area (TPSA) is 69.3 Å². The second-order valence-electron chi connectivity index (χ2n) is 5.13. The van der Waals surface area contributed by atoms with Crippen LogP contribution < -0.4 is 5.10 Å². The first-order chi connectivity index (χ1) is 11.4. The van der Waals surface area contributed by atoms with E-state index in [4.69, 9.17) is 0 Å². The summed E-state index contributed by atoms with van der Waals surface area (Å²) in [6.07, 6.45) is 0. The Morgan fingerprint density at radius 1 is 0.800 bits per heavy atom. The van der Waals surface area contributed by atoms with Gasteiger partial charge >= 0.3 is 21.7 Å². The Bertz CT molecular complexity index is 296. The maximum atomic E-state index is 3.97. The third kappa shape index (κ3) is 32.0. The Labute approximate surface area is 172 Å². The molecule has 0 aliphatic carbocycles. The Morgan fingerprint density at radius 2 is 1.12 bits per heavy atom. The minimum absolute atomic E-state index is 0. The molecule has 0 atom stereocenters. The summed E-state index contributed by atoms with van der Waals surface area (Å²) < 4.78 is 0. The molecule has 0 N–H and O–H groups in total. The van der Waals surface area contributed by atoms with Gasteiger partial charge < -0.3 is 26.1 Å². The van der Waals surface area contributed by atoms with Gasteiger partial charge in [0.15, 0.2) is 0 Å². The summed E-state index contributed by atoms with van der Waals surface area (Å²) in [7, 11) is 0. The Kier molecular flexibility index (Phi) is 37.2. The number of aryl methyl sites for hydroxylation is 1. The van der Waals surface area contributed by atoms with E-state index < -0.39 is 0 Å². The van der Waals surface area contributed by atoms with E-state index in [0.29, 0.717) is 5.92 Å². The van der Waals surface area contributed by atoms with Crippen LogP contribution in [0.25, 0.3) is 16.0 Å². The number of hydrogen-bond donors (Lipinski definition) is 0. The first kappa shape index (κ1) is 32.5. The smallest absolute Gasteiger partial charge is 0.663 e. The molecule has 6 heteroatoms. The predicted molar refractivity (Wildman–Crippen MR) is 110 cm³/mol. The van der Waals surface area contributed by atoms with E-state index in [1.54, 1.807) is 0 Å². The average Bonchev–Trinajstić information content (AvgIpc) is 2.98. The van der Waals surface area contributed by atoms with Crippen molar-refractivity contribution < 1.29 is 21.7 Å². The molecule has 0 unspecified atom stereocenters. The summed E-state index contributed by atoms with van der Waals surface area (Å²) in [5.74, 6) is 0.506. The van der Waals surface area contributed by atoms with E-state index in [-0.39, 0.29) is 21.7 Å². The van der Waals surface area contributed by atoms with Crippen LogP contribution in [0, 0.1) is 6.92 Å². The molecule has 5 nitrogen and oxygen atoms in total. The molecular weight excluding hydrogens is 346 g/mol. The van der Waals surface area contributed by atoms with Gasteiger partial charge in [-0.05, 0) is 5.92 Å². The fourth-order valence-corrected chi connectivity index (χ4v) is 1.36. The van der Waals surface area contributed by atoms with Crippen molar-refractivity contribution in [1.29, 1.82) is 0 Å². The van der Waals surface area contributed by atoms with Gasteiger partial charge in [-0.1, -0.05) is 68.4 Å². The van der Waals surface area contributed by atoms with E-state index in [1.165, 1.54) is 0 Å². The van der Waals surface area contributed by atoms with Crippen molar-refractivity contribution in [2.24, 2.45) is 0 Å². The Morgan fingerprint density at radius 3 is 1.20 bits per heavy atom. The van der Waals surface area contributed by atoms with Crippen LogP contribution in [0.3, 0.4) is 0 Å². The van der Waals surface area contributed by atoms with Gasteiger partial charge in [0.25, 0.3) is 0 Å². The normalized spacial score (nSPS) is 8.88. The SMILES string of the molecule is CC[N-]CC.CC[N-]CC.CC[N-]CC.Cc1cc(C(C)C)n[n-]1.[Ti+4]. The second-order valence-corrected chi connectivity index (χ2v) is 5.13. The Balaban J connectivity index is -0.000000122. The summed E-state index contributed by atoms with van der Waals surface area (Å²) in [6.45, 7) is 24.3. The number of rotatable bonds is 7. The maximum absolute atomic E-state index is 3.97. The first-order valence-corrected chi connectivity index (χ1v) is 9.31. The summed E-state index contributed by atoms with van der Waals surface area (Å²) in [6, 6.07) is 2.02. The van der Waals surface area contributed by atoms with E-state index in [1.807, 2.05) is 54.5 Å². The molecule has 0 saturated carbocycles. The molecule has 1 aromatic heterocycles. The van der Waals surface area contributed by atoms with Crippen molar-refractivity contribution in [1.82, 2.24) is 10.2 Å². The maximum Gasteiger partial charge on any atom is 4.00 e. The first-order valence-electron chi connectivity index (χ1n) is 9.31. The van der Waals surface area contributed by atoms with Crippen molar-refractivity contribution >= 4 is 0 Å². The number of nitrogens with zero attached hydrogens (tertiary/aromatic N) is 5. The molecule has 146 valence electrons. The molecule has 0 fully saturated rings. The minimum atomic E-state index is 0. The van der Waals surface area contributed by atoms with Gasteiger partial charge in [0.1, 0.15) is 0 Å². The summed E-state index contributed by atoms with van der Waals surface area (Å²) in [4.78, 5) is 0. The Hall–Kier alpha value is -0.196. The van der Waals surface area contributed by atoms with Crippen LogP contribution in [0.5, 0.6) is 0 Å². The molecule has 0 aliphatic rings. The van der Waals surface area contributed by atoms with Crippen LogP contribution in [0.15, 0.2) is 6.07 Å². The molecule has 0 bridgehead atoms. The third-order valence-electron chi connectivity index (χ3n) is 2.61. The second kappa shape index (κ2) is 28.6. The van der Waals surface area contributed by atoms with Crippen molar-refractivity contribution in [2.75, 3.05) is 39.3 Å². The summed E-state index contributed by atoms with van der Waals surface area (Å²) in [5.41, 5.74) is 2.10. The van der Waals surface area contributed by atoms with Crippen molar-refractivity contribution in [3.05, 3.63) is 33.4 Å². The third-order valence-corrected chi connectivity index (χ3v) is 2.61. The van der Waals surface area contributed by atoms with Gasteiger partial charge in [-0.25, -0.2) is 0 Å². The van der Waals surface area contributed by atoms with E-state index in [2.05, 4.69) is 40.0 Å². The molecule has 0 spiro atoms. The van der Waals surface area contributed by atoms with Gasteiger partial charge in [0.2, 0.25) is 0 Å². The van der Waals surface area contributed by atoms with Crippen LogP contribution in [0.1, 0.15) is 72.7 Å². The van der Waals surface area contributed by atoms with Gasteiger partial charge in [-0.15, -0.1) is 5.69 Å². The molecule has 25 heavy (non-hydrogen) atoms. The predicted octanol–water partition coefficient (Wildman–Crippen LogP) is 5.67. The molecule has 0 aromatic carbocycles. The van der Waals surface area contributed by atoms with Gasteiger partial charge in [0, 0.05) is 5.69 Å². The zero-order valence-electron chi connectivity index (χ0n) is 18.1. The molecule has 0 aliphatic heterocycles. The van der Waals surface area contributed by atoms with E-state index >= 15 is 0 Å². The quantitative estimate of drug-likeness (QED) is 0.566. The fraction of sp³-hybridized carbons (Fsp3) is 0.842. The van der Waals surface area contributed by atoms with Crippen LogP contribution in [0.4, 0.5) is 0 Å². The molecule has 1 heterocycles.